The van der Waals surface area contributed by atoms with Crippen molar-refractivity contribution in [3.63, 3.8) is 0 Å². The number of ether oxygens (including phenoxy) is 2. The molecule has 2 aromatic carbocycles. The molecule has 0 fully saturated rings. The first kappa shape index (κ1) is 22.4. The molecule has 0 radical (unpaired) electrons. The highest BCUT2D eigenvalue weighted by atomic mass is 19.4. The lowest BCUT2D eigenvalue weighted by atomic mass is 10.0. The minimum atomic E-state index is -5.01. The summed E-state index contributed by atoms with van der Waals surface area (Å²) in [5, 5.41) is 2.44. The van der Waals surface area contributed by atoms with E-state index in [2.05, 4.69) is 5.32 Å². The Hall–Kier alpha value is -3.24. The molecule has 3 rings (SSSR count). The summed E-state index contributed by atoms with van der Waals surface area (Å²) in [4.78, 5) is 11.7. The summed E-state index contributed by atoms with van der Waals surface area (Å²) < 4.78 is 102. The summed E-state index contributed by atoms with van der Waals surface area (Å²) in [7, 11) is 0. The molecule has 0 bridgehead atoms. The van der Waals surface area contributed by atoms with Crippen LogP contribution >= 0.6 is 0 Å². The highest BCUT2D eigenvalue weighted by Gasteiger charge is 2.37. The topological polar surface area (TPSA) is 47.6 Å². The summed E-state index contributed by atoms with van der Waals surface area (Å²) in [5.74, 6) is -1.46. The van der Waals surface area contributed by atoms with E-state index in [9.17, 15) is 35.5 Å². The lowest BCUT2D eigenvalue weighted by Gasteiger charge is -2.25. The van der Waals surface area contributed by atoms with Crippen molar-refractivity contribution in [2.24, 2.45) is 0 Å². The summed E-state index contributed by atoms with van der Waals surface area (Å²) in [5.41, 5.74) is -3.16. The van der Waals surface area contributed by atoms with Crippen molar-refractivity contribution < 1.29 is 45.0 Å². The molecule has 31 heavy (non-hydrogen) atoms. The molecular formula is C20H14F7NO3. The maximum Gasteiger partial charge on any atom is 0.416 e. The second-order valence-electron chi connectivity index (χ2n) is 6.61. The molecule has 0 unspecified atom stereocenters. The molecule has 0 saturated heterocycles. The number of carbonyl (C=O) groups is 1. The van der Waals surface area contributed by atoms with Crippen molar-refractivity contribution in [2.45, 2.75) is 25.4 Å². The van der Waals surface area contributed by atoms with Gasteiger partial charge in [-0.1, -0.05) is 0 Å². The van der Waals surface area contributed by atoms with Gasteiger partial charge in [0.05, 0.1) is 11.1 Å². The number of nitrogens with one attached hydrogen (secondary N) is 1. The van der Waals surface area contributed by atoms with Crippen molar-refractivity contribution in [2.75, 3.05) is 6.61 Å². The highest BCUT2D eigenvalue weighted by molar-refractivity contribution is 5.89. The highest BCUT2D eigenvalue weighted by Crippen LogP contribution is 2.38. The van der Waals surface area contributed by atoms with Crippen molar-refractivity contribution >= 4 is 11.6 Å². The van der Waals surface area contributed by atoms with Gasteiger partial charge in [-0.05, 0) is 55.0 Å². The Kier molecular flexibility index (Phi) is 5.88. The van der Waals surface area contributed by atoms with E-state index in [0.717, 1.165) is 12.1 Å². The largest absolute Gasteiger partial charge is 0.456 e. The van der Waals surface area contributed by atoms with Gasteiger partial charge in [-0.3, -0.25) is 4.79 Å². The SMILES string of the molecule is C[C@@H](OC1=C(c2ccc(F)cc2)NC(=O)CO1)c1cc(C(F)(F)F)cc(C(F)(F)F)c1. The van der Waals surface area contributed by atoms with Crippen LogP contribution in [0.2, 0.25) is 0 Å². The zero-order chi connectivity index (χ0) is 23.0. The van der Waals surface area contributed by atoms with Gasteiger partial charge in [0, 0.05) is 5.56 Å². The first-order valence-corrected chi connectivity index (χ1v) is 8.73. The van der Waals surface area contributed by atoms with E-state index in [1.54, 1.807) is 0 Å². The van der Waals surface area contributed by atoms with Gasteiger partial charge in [-0.25, -0.2) is 4.39 Å². The molecule has 0 spiro atoms. The zero-order valence-electron chi connectivity index (χ0n) is 15.7. The Morgan fingerprint density at radius 1 is 0.968 bits per heavy atom. The van der Waals surface area contributed by atoms with E-state index >= 15 is 0 Å². The second kappa shape index (κ2) is 8.12. The van der Waals surface area contributed by atoms with Gasteiger partial charge in [-0.15, -0.1) is 0 Å². The van der Waals surface area contributed by atoms with Gasteiger partial charge < -0.3 is 14.8 Å². The summed E-state index contributed by atoms with van der Waals surface area (Å²) >= 11 is 0. The number of rotatable bonds is 4. The average molecular weight is 449 g/mol. The Morgan fingerprint density at radius 2 is 1.52 bits per heavy atom. The molecule has 1 atom stereocenters. The normalized spacial score (nSPS) is 15.9. The number of amides is 1. The number of hydrogen-bond acceptors (Lipinski definition) is 3. The smallest absolute Gasteiger partial charge is 0.416 e. The molecule has 0 aliphatic carbocycles. The van der Waals surface area contributed by atoms with Crippen LogP contribution in [0.3, 0.4) is 0 Å². The first-order valence-electron chi connectivity index (χ1n) is 8.73. The van der Waals surface area contributed by atoms with E-state index in [4.69, 9.17) is 9.47 Å². The third-order valence-corrected chi connectivity index (χ3v) is 4.30. The van der Waals surface area contributed by atoms with Crippen molar-refractivity contribution in [1.82, 2.24) is 5.32 Å². The monoisotopic (exact) mass is 449 g/mol. The molecule has 1 amide bonds. The lowest BCUT2D eigenvalue weighted by Crippen LogP contribution is -2.33. The minimum absolute atomic E-state index is 0.0107. The predicted molar refractivity (Wildman–Crippen MR) is 93.4 cm³/mol. The third kappa shape index (κ3) is 5.28. The average Bonchev–Trinajstić information content (AvgIpc) is 2.68. The van der Waals surface area contributed by atoms with Crippen LogP contribution in [0.4, 0.5) is 30.7 Å². The van der Waals surface area contributed by atoms with Gasteiger partial charge in [-0.2, -0.15) is 26.3 Å². The predicted octanol–water partition coefficient (Wildman–Crippen LogP) is 5.41. The van der Waals surface area contributed by atoms with Gasteiger partial charge in [0.2, 0.25) is 0 Å². The van der Waals surface area contributed by atoms with Crippen LogP contribution in [0.25, 0.3) is 5.70 Å². The summed E-state index contributed by atoms with van der Waals surface area (Å²) in [6.45, 7) is 0.744. The summed E-state index contributed by atoms with van der Waals surface area (Å²) in [6, 6.07) is 5.86. The molecule has 11 heteroatoms. The van der Waals surface area contributed by atoms with Crippen LogP contribution in [0.15, 0.2) is 48.4 Å². The zero-order valence-corrected chi connectivity index (χ0v) is 15.7. The van der Waals surface area contributed by atoms with E-state index < -0.39 is 53.5 Å². The van der Waals surface area contributed by atoms with Gasteiger partial charge in [0.15, 0.2) is 6.61 Å². The third-order valence-electron chi connectivity index (χ3n) is 4.30. The molecule has 1 N–H and O–H groups in total. The maximum atomic E-state index is 13.2. The molecule has 0 aromatic heterocycles. The molecule has 1 aliphatic rings. The van der Waals surface area contributed by atoms with Gasteiger partial charge in [0.1, 0.15) is 17.6 Å². The van der Waals surface area contributed by atoms with E-state index in [0.29, 0.717) is 12.1 Å². The Bertz CT molecular complexity index is 979. The van der Waals surface area contributed by atoms with Crippen LogP contribution in [-0.4, -0.2) is 12.5 Å². The standard InChI is InChI=1S/C20H14F7NO3/c1-10(12-6-13(19(22,23)24)8-14(7-12)20(25,26)27)31-18-17(28-16(29)9-30-18)11-2-4-15(21)5-3-11/h2-8,10H,9H2,1H3,(H,28,29)/t10-/m1/s1. The first-order chi connectivity index (χ1) is 14.3. The number of hydrogen-bond donors (Lipinski definition) is 1. The molecule has 1 heterocycles. The fraction of sp³-hybridized carbons (Fsp3) is 0.250. The molecule has 1 aliphatic heterocycles. The van der Waals surface area contributed by atoms with E-state index in [1.807, 2.05) is 0 Å². The Balaban J connectivity index is 2.00. The number of alkyl halides is 6. The summed E-state index contributed by atoms with van der Waals surface area (Å²) in [6.07, 6.45) is -11.3. The quantitative estimate of drug-likeness (QED) is 0.635. The fourth-order valence-electron chi connectivity index (χ4n) is 2.77. The van der Waals surface area contributed by atoms with Crippen molar-refractivity contribution in [1.29, 1.82) is 0 Å². The van der Waals surface area contributed by atoms with Crippen LogP contribution < -0.4 is 5.32 Å². The van der Waals surface area contributed by atoms with Gasteiger partial charge in [0.25, 0.3) is 5.91 Å². The molecular weight excluding hydrogens is 435 g/mol. The Morgan fingerprint density at radius 3 is 2.03 bits per heavy atom. The van der Waals surface area contributed by atoms with Crippen molar-refractivity contribution in [3.8, 4) is 0 Å². The number of halogens is 7. The number of carbonyl (C=O) groups excluding carboxylic acids is 1. The van der Waals surface area contributed by atoms with Gasteiger partial charge >= 0.3 is 18.3 Å². The lowest BCUT2D eigenvalue weighted by molar-refractivity contribution is -0.143. The maximum absolute atomic E-state index is 13.2. The van der Waals surface area contributed by atoms with Crippen LogP contribution in [0, 0.1) is 5.82 Å². The van der Waals surface area contributed by atoms with Crippen molar-refractivity contribution in [3.05, 3.63) is 76.5 Å². The number of benzene rings is 2. The molecule has 2 aromatic rings. The molecule has 166 valence electrons. The molecule has 0 saturated carbocycles. The minimum Gasteiger partial charge on any atom is -0.456 e. The van der Waals surface area contributed by atoms with Crippen LogP contribution in [0.5, 0.6) is 0 Å². The van der Waals surface area contributed by atoms with E-state index in [-0.39, 0.29) is 23.3 Å². The fourth-order valence-corrected chi connectivity index (χ4v) is 2.77. The van der Waals surface area contributed by atoms with E-state index in [1.165, 1.54) is 19.1 Å². The van der Waals surface area contributed by atoms with Crippen LogP contribution in [0.1, 0.15) is 35.3 Å². The van der Waals surface area contributed by atoms with Crippen LogP contribution in [-0.2, 0) is 26.6 Å². The second-order valence-corrected chi connectivity index (χ2v) is 6.61. The molecule has 4 nitrogen and oxygen atoms in total. The Labute approximate surface area is 171 Å².